The van der Waals surface area contributed by atoms with Gasteiger partial charge in [-0.3, -0.25) is 0 Å². The van der Waals surface area contributed by atoms with E-state index in [4.69, 9.17) is 0 Å². The largest absolute Gasteiger partial charge is 0.0758 e. The minimum absolute atomic E-state index is 0.718. The molecule has 0 N–H and O–H groups in total. The molecule has 0 saturated heterocycles. The van der Waals surface area contributed by atoms with Gasteiger partial charge in [0, 0.05) is 6.42 Å². The van der Waals surface area contributed by atoms with E-state index < -0.39 is 8.80 Å². The second-order valence-electron chi connectivity index (χ2n) is 5.12. The summed E-state index contributed by atoms with van der Waals surface area (Å²) in [5.74, 6) is 0. The fraction of sp³-hybridized carbons (Fsp3) is 0.118. The van der Waals surface area contributed by atoms with E-state index in [0.717, 1.165) is 0 Å². The molecule has 2 aromatic rings. The van der Waals surface area contributed by atoms with Gasteiger partial charge in [-0.25, -0.2) is 0 Å². The first-order valence-corrected chi connectivity index (χ1v) is 9.39. The Labute approximate surface area is 111 Å². The molecule has 1 aliphatic rings. The third-order valence-corrected chi connectivity index (χ3v) is 5.19. The Morgan fingerprint density at radius 3 is 2.33 bits per heavy atom. The van der Waals surface area contributed by atoms with Gasteiger partial charge in [0.05, 0.1) is 8.80 Å². The van der Waals surface area contributed by atoms with Crippen LogP contribution in [0.25, 0.3) is 17.2 Å². The van der Waals surface area contributed by atoms with E-state index in [-0.39, 0.29) is 0 Å². The van der Waals surface area contributed by atoms with Crippen molar-refractivity contribution in [1.82, 2.24) is 0 Å². The molecule has 0 atom stereocenters. The Morgan fingerprint density at radius 2 is 1.61 bits per heavy atom. The molecule has 0 unspecified atom stereocenters. The van der Waals surface area contributed by atoms with Crippen molar-refractivity contribution in [2.24, 2.45) is 0 Å². The van der Waals surface area contributed by atoms with Crippen molar-refractivity contribution in [2.45, 2.75) is 13.1 Å². The van der Waals surface area contributed by atoms with Crippen LogP contribution in [0.5, 0.6) is 0 Å². The maximum atomic E-state index is 2.40. The first kappa shape index (κ1) is 11.5. The lowest BCUT2D eigenvalue weighted by molar-refractivity contribution is 1.51. The van der Waals surface area contributed by atoms with Crippen molar-refractivity contribution in [3.8, 4) is 11.1 Å². The summed E-state index contributed by atoms with van der Waals surface area (Å²) in [5.41, 5.74) is 5.45. The zero-order valence-corrected chi connectivity index (χ0v) is 12.0. The maximum Gasteiger partial charge on any atom is 0.0604 e. The van der Waals surface area contributed by atoms with Gasteiger partial charge in [-0.15, -0.1) is 0 Å². The highest BCUT2D eigenvalue weighted by atomic mass is 28.3. The van der Waals surface area contributed by atoms with Crippen LogP contribution in [0.1, 0.15) is 11.1 Å². The Bertz CT molecular complexity index is 594. The molecule has 18 heavy (non-hydrogen) atoms. The monoisotopic (exact) mass is 249 g/mol. The van der Waals surface area contributed by atoms with E-state index in [2.05, 4.69) is 74.1 Å². The van der Waals surface area contributed by atoms with Crippen molar-refractivity contribution in [3.05, 3.63) is 71.3 Å². The summed E-state index contributed by atoms with van der Waals surface area (Å²) in [6.45, 7) is 4.77. The van der Waals surface area contributed by atoms with Crippen LogP contribution in [0, 0.1) is 6.42 Å². The number of hydrogen-bond donors (Lipinski definition) is 0. The van der Waals surface area contributed by atoms with Crippen LogP contribution in [-0.4, -0.2) is 8.80 Å². The molecule has 0 spiro atoms. The normalized spacial score (nSPS) is 13.6. The van der Waals surface area contributed by atoms with Crippen LogP contribution < -0.4 is 0 Å². The van der Waals surface area contributed by atoms with Gasteiger partial charge in [-0.2, -0.15) is 0 Å². The van der Waals surface area contributed by atoms with Gasteiger partial charge in [-0.1, -0.05) is 72.9 Å². The molecule has 2 aromatic carbocycles. The SMILES string of the molecule is C[SiH](C)C1=Cc2c(cccc2-c2ccccc2)[CH]1. The third-order valence-electron chi connectivity index (χ3n) is 3.52. The second-order valence-corrected chi connectivity index (χ2v) is 8.09. The van der Waals surface area contributed by atoms with Gasteiger partial charge in [0.25, 0.3) is 0 Å². The van der Waals surface area contributed by atoms with Gasteiger partial charge < -0.3 is 0 Å². The van der Waals surface area contributed by atoms with Crippen molar-refractivity contribution >= 4 is 14.9 Å². The molecule has 0 nitrogen and oxygen atoms in total. The van der Waals surface area contributed by atoms with Crippen LogP contribution in [0.2, 0.25) is 13.1 Å². The zero-order chi connectivity index (χ0) is 12.5. The standard InChI is InChI=1S/C17H17Si/c1-18(2)15-11-14-9-6-10-16(17(14)12-15)13-7-4-3-5-8-13/h3-12,18H,1-2H3. The first-order chi connectivity index (χ1) is 8.75. The Hall–Kier alpha value is -1.60. The molecular weight excluding hydrogens is 232 g/mol. The topological polar surface area (TPSA) is 0 Å². The number of benzene rings is 2. The fourth-order valence-corrected chi connectivity index (χ4v) is 3.47. The predicted octanol–water partition coefficient (Wildman–Crippen LogP) is 4.33. The molecule has 3 rings (SSSR count). The minimum atomic E-state index is -0.718. The highest BCUT2D eigenvalue weighted by molar-refractivity contribution is 6.66. The van der Waals surface area contributed by atoms with E-state index >= 15 is 0 Å². The summed E-state index contributed by atoms with van der Waals surface area (Å²) in [6, 6.07) is 17.3. The summed E-state index contributed by atoms with van der Waals surface area (Å²) in [4.78, 5) is 0. The Morgan fingerprint density at radius 1 is 0.833 bits per heavy atom. The number of fused-ring (bicyclic) bond motifs is 1. The summed E-state index contributed by atoms with van der Waals surface area (Å²) in [6.07, 6.45) is 4.77. The third kappa shape index (κ3) is 1.95. The lowest BCUT2D eigenvalue weighted by atomic mass is 9.97. The van der Waals surface area contributed by atoms with Gasteiger partial charge in [-0.05, 0) is 22.3 Å². The van der Waals surface area contributed by atoms with E-state index in [1.165, 1.54) is 22.3 Å². The van der Waals surface area contributed by atoms with Crippen LogP contribution in [0.3, 0.4) is 0 Å². The smallest absolute Gasteiger partial charge is 0.0604 e. The van der Waals surface area contributed by atoms with Crippen LogP contribution in [-0.2, 0) is 0 Å². The average molecular weight is 249 g/mol. The zero-order valence-electron chi connectivity index (χ0n) is 10.9. The summed E-state index contributed by atoms with van der Waals surface area (Å²) >= 11 is 0. The molecule has 1 aliphatic carbocycles. The van der Waals surface area contributed by atoms with Crippen molar-refractivity contribution in [1.29, 1.82) is 0 Å². The molecule has 0 bridgehead atoms. The molecule has 0 heterocycles. The molecule has 0 fully saturated rings. The van der Waals surface area contributed by atoms with Gasteiger partial charge in [0.15, 0.2) is 0 Å². The summed E-state index contributed by atoms with van der Waals surface area (Å²) < 4.78 is 0. The van der Waals surface area contributed by atoms with Crippen LogP contribution in [0.15, 0.2) is 53.7 Å². The molecule has 0 amide bonds. The van der Waals surface area contributed by atoms with E-state index in [0.29, 0.717) is 0 Å². The second kappa shape index (κ2) is 4.58. The quantitative estimate of drug-likeness (QED) is 0.695. The molecule has 0 aromatic heterocycles. The lowest BCUT2D eigenvalue weighted by Crippen LogP contribution is -2.03. The lowest BCUT2D eigenvalue weighted by Gasteiger charge is -2.07. The van der Waals surface area contributed by atoms with Gasteiger partial charge in [0.1, 0.15) is 0 Å². The Kier molecular flexibility index (Phi) is 2.92. The highest BCUT2D eigenvalue weighted by Gasteiger charge is 2.18. The van der Waals surface area contributed by atoms with Gasteiger partial charge >= 0.3 is 0 Å². The fourth-order valence-electron chi connectivity index (χ4n) is 2.46. The molecule has 1 heteroatoms. The molecule has 0 aliphatic heterocycles. The van der Waals surface area contributed by atoms with Crippen LogP contribution >= 0.6 is 0 Å². The van der Waals surface area contributed by atoms with E-state index in [1.807, 2.05) is 0 Å². The summed E-state index contributed by atoms with van der Waals surface area (Å²) in [5, 5.41) is 1.56. The van der Waals surface area contributed by atoms with Crippen molar-refractivity contribution in [3.63, 3.8) is 0 Å². The predicted molar refractivity (Wildman–Crippen MR) is 82.1 cm³/mol. The number of rotatable bonds is 2. The molecule has 1 radical (unpaired) electrons. The van der Waals surface area contributed by atoms with Crippen molar-refractivity contribution in [2.75, 3.05) is 0 Å². The molecule has 89 valence electrons. The first-order valence-electron chi connectivity index (χ1n) is 6.50. The Balaban J connectivity index is 2.12. The van der Waals surface area contributed by atoms with E-state index in [1.54, 1.807) is 5.20 Å². The number of hydrogen-bond acceptors (Lipinski definition) is 0. The maximum absolute atomic E-state index is 2.40. The van der Waals surface area contributed by atoms with E-state index in [9.17, 15) is 0 Å². The average Bonchev–Trinajstić information content (AvgIpc) is 2.83. The van der Waals surface area contributed by atoms with Crippen molar-refractivity contribution < 1.29 is 0 Å². The molecule has 0 saturated carbocycles. The number of allylic oxidation sites excluding steroid dienone is 1. The minimum Gasteiger partial charge on any atom is -0.0758 e. The summed E-state index contributed by atoms with van der Waals surface area (Å²) in [7, 11) is -0.718. The van der Waals surface area contributed by atoms with Crippen LogP contribution in [0.4, 0.5) is 0 Å². The highest BCUT2D eigenvalue weighted by Crippen LogP contribution is 2.35. The molecular formula is C17H17Si. The van der Waals surface area contributed by atoms with Gasteiger partial charge in [0.2, 0.25) is 0 Å².